The van der Waals surface area contributed by atoms with Crippen LogP contribution in [-0.2, 0) is 6.42 Å². The molecular weight excluding hydrogens is 320 g/mol. The first kappa shape index (κ1) is 17.2. The lowest BCUT2D eigenvalue weighted by atomic mass is 9.97. The van der Waals surface area contributed by atoms with Gasteiger partial charge in [-0.1, -0.05) is 6.07 Å². The minimum atomic E-state index is -0.547. The fourth-order valence-electron chi connectivity index (χ4n) is 3.27. The molecule has 1 aromatic carbocycles. The Morgan fingerprint density at radius 3 is 2.64 bits per heavy atom. The van der Waals surface area contributed by atoms with Crippen molar-refractivity contribution in [2.24, 2.45) is 5.92 Å². The van der Waals surface area contributed by atoms with Gasteiger partial charge in [-0.25, -0.2) is 0 Å². The van der Waals surface area contributed by atoms with Crippen molar-refractivity contribution in [3.8, 4) is 11.5 Å². The molecule has 2 heterocycles. The molecule has 1 aliphatic heterocycles. The van der Waals surface area contributed by atoms with Crippen molar-refractivity contribution in [2.75, 3.05) is 27.3 Å². The molecule has 3 rings (SSSR count). The smallest absolute Gasteiger partial charge is 0.257 e. The van der Waals surface area contributed by atoms with Crippen molar-refractivity contribution in [3.05, 3.63) is 53.9 Å². The molecular formula is C19H22N2O4. The van der Waals surface area contributed by atoms with Crippen molar-refractivity contribution in [1.82, 2.24) is 9.88 Å². The van der Waals surface area contributed by atoms with E-state index in [1.807, 2.05) is 12.1 Å². The fraction of sp³-hybridized carbons (Fsp3) is 0.368. The second-order valence-corrected chi connectivity index (χ2v) is 6.14. The second kappa shape index (κ2) is 7.53. The summed E-state index contributed by atoms with van der Waals surface area (Å²) in [5, 5.41) is 10.4. The van der Waals surface area contributed by atoms with Gasteiger partial charge in [0, 0.05) is 31.4 Å². The average molecular weight is 342 g/mol. The lowest BCUT2D eigenvalue weighted by molar-refractivity contribution is 0.0760. The summed E-state index contributed by atoms with van der Waals surface area (Å²) in [5.41, 5.74) is 1.55. The number of benzene rings is 1. The molecule has 6 nitrogen and oxygen atoms in total. The summed E-state index contributed by atoms with van der Waals surface area (Å²) in [4.78, 5) is 18.6. The number of para-hydroxylation sites is 1. The summed E-state index contributed by atoms with van der Waals surface area (Å²) in [5.74, 6) is 0.776. The monoisotopic (exact) mass is 342 g/mol. The molecule has 0 unspecified atom stereocenters. The van der Waals surface area contributed by atoms with Gasteiger partial charge >= 0.3 is 0 Å². The molecule has 25 heavy (non-hydrogen) atoms. The number of rotatable bonds is 5. The number of pyridine rings is 1. The van der Waals surface area contributed by atoms with Gasteiger partial charge in [0.15, 0.2) is 11.5 Å². The highest BCUT2D eigenvalue weighted by Gasteiger charge is 2.35. The first-order chi connectivity index (χ1) is 12.1. The Bertz CT molecular complexity index is 735. The molecule has 1 saturated heterocycles. The van der Waals surface area contributed by atoms with Gasteiger partial charge in [-0.05, 0) is 36.2 Å². The first-order valence-electron chi connectivity index (χ1n) is 8.21. The number of amides is 1. The maximum atomic E-state index is 12.9. The van der Waals surface area contributed by atoms with Crippen LogP contribution in [0.15, 0.2) is 42.7 Å². The van der Waals surface area contributed by atoms with E-state index in [-0.39, 0.29) is 11.8 Å². The van der Waals surface area contributed by atoms with Crippen LogP contribution in [-0.4, -0.2) is 54.3 Å². The van der Waals surface area contributed by atoms with Gasteiger partial charge < -0.3 is 19.5 Å². The van der Waals surface area contributed by atoms with Crippen LogP contribution in [0.5, 0.6) is 11.5 Å². The van der Waals surface area contributed by atoms with E-state index >= 15 is 0 Å². The van der Waals surface area contributed by atoms with Gasteiger partial charge in [0.1, 0.15) is 0 Å². The molecule has 1 fully saturated rings. The zero-order valence-electron chi connectivity index (χ0n) is 14.4. The van der Waals surface area contributed by atoms with Crippen LogP contribution < -0.4 is 9.47 Å². The largest absolute Gasteiger partial charge is 0.493 e. The van der Waals surface area contributed by atoms with Gasteiger partial charge in [0.25, 0.3) is 5.91 Å². The summed E-state index contributed by atoms with van der Waals surface area (Å²) < 4.78 is 10.6. The Kier molecular flexibility index (Phi) is 5.19. The molecule has 0 spiro atoms. The van der Waals surface area contributed by atoms with Crippen LogP contribution in [0.3, 0.4) is 0 Å². The standard InChI is InChI=1S/C19H22N2O4/c1-24-17-5-3-4-15(18(17)25-2)19(23)21-11-14(16(22)12-21)10-13-6-8-20-9-7-13/h3-9,14,16,22H,10-12H2,1-2H3/t14-,16-/m1/s1. The van der Waals surface area contributed by atoms with Gasteiger partial charge in [0.2, 0.25) is 0 Å². The van der Waals surface area contributed by atoms with Gasteiger partial charge in [-0.2, -0.15) is 0 Å². The number of carbonyl (C=O) groups is 1. The minimum Gasteiger partial charge on any atom is -0.493 e. The number of β-amino-alcohol motifs (C(OH)–C–C–N with tert-alkyl or cyclic N) is 1. The highest BCUT2D eigenvalue weighted by atomic mass is 16.5. The molecule has 0 aliphatic carbocycles. The number of hydrogen-bond acceptors (Lipinski definition) is 5. The van der Waals surface area contributed by atoms with Crippen molar-refractivity contribution >= 4 is 5.91 Å². The number of hydrogen-bond donors (Lipinski definition) is 1. The third-order valence-electron chi connectivity index (χ3n) is 4.57. The molecule has 1 amide bonds. The molecule has 1 aliphatic rings. The van der Waals surface area contributed by atoms with Crippen molar-refractivity contribution < 1.29 is 19.4 Å². The van der Waals surface area contributed by atoms with E-state index in [1.165, 1.54) is 14.2 Å². The Morgan fingerprint density at radius 1 is 1.20 bits per heavy atom. The van der Waals surface area contributed by atoms with Crippen LogP contribution in [0, 0.1) is 5.92 Å². The third kappa shape index (κ3) is 3.58. The summed E-state index contributed by atoms with van der Waals surface area (Å²) in [6.07, 6.45) is 3.64. The zero-order chi connectivity index (χ0) is 17.8. The molecule has 132 valence electrons. The average Bonchev–Trinajstić information content (AvgIpc) is 3.01. The van der Waals surface area contributed by atoms with E-state index < -0.39 is 6.10 Å². The summed E-state index contributed by atoms with van der Waals surface area (Å²) >= 11 is 0. The van der Waals surface area contributed by atoms with Crippen molar-refractivity contribution in [1.29, 1.82) is 0 Å². The predicted molar refractivity (Wildman–Crippen MR) is 92.9 cm³/mol. The van der Waals surface area contributed by atoms with Gasteiger partial charge in [-0.15, -0.1) is 0 Å². The Balaban J connectivity index is 1.76. The van der Waals surface area contributed by atoms with Crippen molar-refractivity contribution in [2.45, 2.75) is 12.5 Å². The molecule has 2 atom stereocenters. The van der Waals surface area contributed by atoms with Crippen LogP contribution in [0.1, 0.15) is 15.9 Å². The maximum Gasteiger partial charge on any atom is 0.257 e. The third-order valence-corrected chi connectivity index (χ3v) is 4.57. The van der Waals surface area contributed by atoms with E-state index in [0.717, 1.165) is 5.56 Å². The topological polar surface area (TPSA) is 71.9 Å². The molecule has 1 aromatic heterocycles. The van der Waals surface area contributed by atoms with E-state index in [2.05, 4.69) is 4.98 Å². The van der Waals surface area contributed by atoms with Gasteiger partial charge in [-0.3, -0.25) is 9.78 Å². The summed E-state index contributed by atoms with van der Waals surface area (Å²) in [7, 11) is 3.05. The number of ether oxygens (including phenoxy) is 2. The first-order valence-corrected chi connectivity index (χ1v) is 8.21. The molecule has 1 N–H and O–H groups in total. The van der Waals surface area contributed by atoms with E-state index in [0.29, 0.717) is 36.6 Å². The summed E-state index contributed by atoms with van der Waals surface area (Å²) in [6.45, 7) is 0.817. The molecule has 6 heteroatoms. The second-order valence-electron chi connectivity index (χ2n) is 6.14. The molecule has 0 saturated carbocycles. The lowest BCUT2D eigenvalue weighted by Crippen LogP contribution is -2.30. The lowest BCUT2D eigenvalue weighted by Gasteiger charge is -2.19. The SMILES string of the molecule is COc1cccc(C(=O)N2C[C@@H](Cc3ccncc3)[C@H](O)C2)c1OC. The van der Waals surface area contributed by atoms with E-state index in [1.54, 1.807) is 35.5 Å². The number of aromatic nitrogens is 1. The summed E-state index contributed by atoms with van der Waals surface area (Å²) in [6, 6.07) is 9.09. The quantitative estimate of drug-likeness (QED) is 0.897. The Morgan fingerprint density at radius 2 is 1.96 bits per heavy atom. The number of carbonyl (C=O) groups excluding carboxylic acids is 1. The number of nitrogens with zero attached hydrogens (tertiary/aromatic N) is 2. The number of methoxy groups -OCH3 is 2. The van der Waals surface area contributed by atoms with Crippen LogP contribution >= 0.6 is 0 Å². The van der Waals surface area contributed by atoms with E-state index in [9.17, 15) is 9.90 Å². The molecule has 0 radical (unpaired) electrons. The maximum absolute atomic E-state index is 12.9. The van der Waals surface area contributed by atoms with Crippen molar-refractivity contribution in [3.63, 3.8) is 0 Å². The predicted octanol–water partition coefficient (Wildman–Crippen LogP) is 1.77. The molecule has 2 aromatic rings. The Hall–Kier alpha value is -2.60. The number of aliphatic hydroxyl groups is 1. The fourth-order valence-corrected chi connectivity index (χ4v) is 3.27. The zero-order valence-corrected chi connectivity index (χ0v) is 14.4. The number of aliphatic hydroxyl groups excluding tert-OH is 1. The normalized spacial score (nSPS) is 19.7. The Labute approximate surface area is 147 Å². The van der Waals surface area contributed by atoms with Crippen LogP contribution in [0.4, 0.5) is 0 Å². The van der Waals surface area contributed by atoms with Crippen LogP contribution in [0.25, 0.3) is 0 Å². The minimum absolute atomic E-state index is 0.00273. The highest BCUT2D eigenvalue weighted by molar-refractivity contribution is 5.98. The number of likely N-dealkylation sites (tertiary alicyclic amines) is 1. The van der Waals surface area contributed by atoms with Crippen LogP contribution in [0.2, 0.25) is 0 Å². The van der Waals surface area contributed by atoms with Gasteiger partial charge in [0.05, 0.1) is 25.9 Å². The highest BCUT2D eigenvalue weighted by Crippen LogP contribution is 2.33. The molecule has 0 bridgehead atoms. The van der Waals surface area contributed by atoms with E-state index in [4.69, 9.17) is 9.47 Å².